The summed E-state index contributed by atoms with van der Waals surface area (Å²) in [6.07, 6.45) is 0.614. The molecule has 1 unspecified atom stereocenters. The number of hydrogen-bond acceptors (Lipinski definition) is 4. The number of nitrogens with two attached hydrogens (primary N) is 1. The first-order valence-electron chi connectivity index (χ1n) is 3.21. The molecule has 0 aliphatic carbocycles. The molecule has 0 amide bonds. The molecule has 10 heavy (non-hydrogen) atoms. The highest BCUT2D eigenvalue weighted by Gasteiger charge is 2.14. The Labute approximate surface area is 60.7 Å². The molecule has 4 heteroatoms. The van der Waals surface area contributed by atoms with Gasteiger partial charge in [0.1, 0.15) is 6.04 Å². The molecule has 0 saturated heterocycles. The van der Waals surface area contributed by atoms with Crippen LogP contribution in [-0.2, 0) is 9.53 Å². The van der Waals surface area contributed by atoms with Crippen molar-refractivity contribution in [3.05, 3.63) is 0 Å². The maximum absolute atomic E-state index is 10.8. The predicted molar refractivity (Wildman–Crippen MR) is 38.5 cm³/mol. The number of rotatable bonds is 4. The number of carbonyl (C=O) groups is 1. The Morgan fingerprint density at radius 1 is 1.80 bits per heavy atom. The van der Waals surface area contributed by atoms with Crippen molar-refractivity contribution in [2.24, 2.45) is 5.73 Å². The van der Waals surface area contributed by atoms with E-state index >= 15 is 0 Å². The van der Waals surface area contributed by atoms with Crippen LogP contribution in [0.25, 0.3) is 0 Å². The number of likely N-dealkylation sites (N-methyl/N-ethyl adjacent to an activating group) is 1. The molecular weight excluding hydrogens is 132 g/mol. The van der Waals surface area contributed by atoms with Crippen LogP contribution in [0.4, 0.5) is 0 Å². The van der Waals surface area contributed by atoms with Crippen molar-refractivity contribution < 1.29 is 9.53 Å². The van der Waals surface area contributed by atoms with Crippen LogP contribution in [0.1, 0.15) is 6.42 Å². The van der Waals surface area contributed by atoms with Gasteiger partial charge in [-0.25, -0.2) is 0 Å². The first-order valence-corrected chi connectivity index (χ1v) is 3.21. The van der Waals surface area contributed by atoms with E-state index in [1.165, 1.54) is 7.11 Å². The fraction of sp³-hybridized carbons (Fsp3) is 0.833. The van der Waals surface area contributed by atoms with Gasteiger partial charge in [0.2, 0.25) is 0 Å². The second kappa shape index (κ2) is 5.20. The minimum absolute atomic E-state index is 0.255. The average molecular weight is 146 g/mol. The van der Waals surface area contributed by atoms with Crippen LogP contribution in [0.15, 0.2) is 0 Å². The van der Waals surface area contributed by atoms with Crippen molar-refractivity contribution in [3.63, 3.8) is 0 Å². The lowest BCUT2D eigenvalue weighted by Crippen LogP contribution is -2.36. The van der Waals surface area contributed by atoms with Crippen LogP contribution in [0.5, 0.6) is 0 Å². The van der Waals surface area contributed by atoms with Gasteiger partial charge in [0.25, 0.3) is 0 Å². The molecule has 0 aliphatic heterocycles. The lowest BCUT2D eigenvalue weighted by atomic mass is 10.2. The van der Waals surface area contributed by atoms with E-state index in [-0.39, 0.29) is 12.0 Å². The Balaban J connectivity index is 3.68. The molecule has 0 spiro atoms. The third kappa shape index (κ3) is 2.80. The molecule has 0 aromatic heterocycles. The van der Waals surface area contributed by atoms with Crippen molar-refractivity contribution >= 4 is 5.97 Å². The fourth-order valence-corrected chi connectivity index (χ4v) is 0.689. The topological polar surface area (TPSA) is 64.3 Å². The minimum atomic E-state index is -0.257. The van der Waals surface area contributed by atoms with Crippen LogP contribution < -0.4 is 11.1 Å². The SMILES string of the molecule is CNC(CCN)C(=O)OC. The molecule has 0 aromatic carbocycles. The summed E-state index contributed by atoms with van der Waals surface area (Å²) in [7, 11) is 3.07. The first kappa shape index (κ1) is 9.39. The van der Waals surface area contributed by atoms with E-state index < -0.39 is 0 Å². The molecule has 0 aliphatic rings. The van der Waals surface area contributed by atoms with Gasteiger partial charge in [0, 0.05) is 0 Å². The molecular formula is C6H14N2O2. The summed E-state index contributed by atoms with van der Waals surface area (Å²) in [6, 6.07) is -0.255. The Morgan fingerprint density at radius 3 is 2.70 bits per heavy atom. The molecule has 0 fully saturated rings. The average Bonchev–Trinajstić information content (AvgIpc) is 1.99. The molecule has 0 saturated carbocycles. The molecule has 3 N–H and O–H groups in total. The second-order valence-electron chi connectivity index (χ2n) is 1.94. The molecule has 0 heterocycles. The molecule has 1 atom stereocenters. The van der Waals surface area contributed by atoms with Crippen molar-refractivity contribution in [1.82, 2.24) is 5.32 Å². The normalized spacial score (nSPS) is 12.7. The van der Waals surface area contributed by atoms with Gasteiger partial charge in [-0.05, 0) is 20.0 Å². The van der Waals surface area contributed by atoms with Crippen LogP contribution >= 0.6 is 0 Å². The number of ether oxygens (including phenoxy) is 1. The summed E-state index contributed by atoms with van der Waals surface area (Å²) in [5.74, 6) is -0.257. The zero-order chi connectivity index (χ0) is 7.98. The third-order valence-corrected chi connectivity index (χ3v) is 1.29. The van der Waals surface area contributed by atoms with Gasteiger partial charge in [-0.2, -0.15) is 0 Å². The quantitative estimate of drug-likeness (QED) is 0.504. The number of nitrogens with one attached hydrogen (secondary N) is 1. The molecule has 0 rings (SSSR count). The van der Waals surface area contributed by atoms with E-state index in [9.17, 15) is 4.79 Å². The summed E-state index contributed by atoms with van der Waals surface area (Å²) in [5, 5.41) is 2.80. The van der Waals surface area contributed by atoms with E-state index in [0.717, 1.165) is 0 Å². The molecule has 0 bridgehead atoms. The van der Waals surface area contributed by atoms with Crippen LogP contribution in [0.2, 0.25) is 0 Å². The molecule has 4 nitrogen and oxygen atoms in total. The van der Waals surface area contributed by atoms with Gasteiger partial charge in [-0.15, -0.1) is 0 Å². The number of carbonyl (C=O) groups excluding carboxylic acids is 1. The highest BCUT2D eigenvalue weighted by Crippen LogP contribution is 1.90. The van der Waals surface area contributed by atoms with Crippen molar-refractivity contribution in [3.8, 4) is 0 Å². The highest BCUT2D eigenvalue weighted by atomic mass is 16.5. The maximum atomic E-state index is 10.8. The van der Waals surface area contributed by atoms with E-state index in [1.54, 1.807) is 7.05 Å². The van der Waals surface area contributed by atoms with E-state index in [2.05, 4.69) is 10.1 Å². The first-order chi connectivity index (χ1) is 4.76. The lowest BCUT2D eigenvalue weighted by molar-refractivity contribution is -0.143. The maximum Gasteiger partial charge on any atom is 0.322 e. The standard InChI is InChI=1S/C6H14N2O2/c1-8-5(3-4-7)6(9)10-2/h5,8H,3-4,7H2,1-2H3. The van der Waals surface area contributed by atoms with Gasteiger partial charge in [-0.3, -0.25) is 4.79 Å². The number of methoxy groups -OCH3 is 1. The van der Waals surface area contributed by atoms with Crippen molar-refractivity contribution in [2.45, 2.75) is 12.5 Å². The lowest BCUT2D eigenvalue weighted by Gasteiger charge is -2.11. The van der Waals surface area contributed by atoms with E-state index in [0.29, 0.717) is 13.0 Å². The Kier molecular flexibility index (Phi) is 4.88. The van der Waals surface area contributed by atoms with Crippen LogP contribution in [0.3, 0.4) is 0 Å². The van der Waals surface area contributed by atoms with Gasteiger partial charge in [0.05, 0.1) is 7.11 Å². The summed E-state index contributed by atoms with van der Waals surface area (Å²) in [4.78, 5) is 10.8. The molecule has 0 radical (unpaired) electrons. The van der Waals surface area contributed by atoms with Gasteiger partial charge >= 0.3 is 5.97 Å². The van der Waals surface area contributed by atoms with Crippen LogP contribution in [-0.4, -0.2) is 32.7 Å². The number of hydrogen-bond donors (Lipinski definition) is 2. The summed E-state index contributed by atoms with van der Waals surface area (Å²) < 4.78 is 4.50. The van der Waals surface area contributed by atoms with Gasteiger partial charge in [-0.1, -0.05) is 0 Å². The zero-order valence-corrected chi connectivity index (χ0v) is 6.39. The Bertz CT molecular complexity index is 106. The largest absolute Gasteiger partial charge is 0.468 e. The highest BCUT2D eigenvalue weighted by molar-refractivity contribution is 5.75. The third-order valence-electron chi connectivity index (χ3n) is 1.29. The zero-order valence-electron chi connectivity index (χ0n) is 6.39. The van der Waals surface area contributed by atoms with E-state index in [1.807, 2.05) is 0 Å². The Hall–Kier alpha value is -0.610. The van der Waals surface area contributed by atoms with Gasteiger partial charge in [0.15, 0.2) is 0 Å². The minimum Gasteiger partial charge on any atom is -0.468 e. The van der Waals surface area contributed by atoms with Crippen LogP contribution in [0, 0.1) is 0 Å². The summed E-state index contributed by atoms with van der Waals surface area (Å²) in [5.41, 5.74) is 5.25. The summed E-state index contributed by atoms with van der Waals surface area (Å²) in [6.45, 7) is 0.487. The van der Waals surface area contributed by atoms with Crippen molar-refractivity contribution in [2.75, 3.05) is 20.7 Å². The van der Waals surface area contributed by atoms with E-state index in [4.69, 9.17) is 5.73 Å². The summed E-state index contributed by atoms with van der Waals surface area (Å²) >= 11 is 0. The predicted octanol–water partition coefficient (Wildman–Crippen LogP) is -0.904. The fourth-order valence-electron chi connectivity index (χ4n) is 0.689. The Morgan fingerprint density at radius 2 is 2.40 bits per heavy atom. The molecule has 0 aromatic rings. The molecule has 60 valence electrons. The number of esters is 1. The van der Waals surface area contributed by atoms with Gasteiger partial charge < -0.3 is 15.8 Å². The second-order valence-corrected chi connectivity index (χ2v) is 1.94. The monoisotopic (exact) mass is 146 g/mol. The van der Waals surface area contributed by atoms with Crippen molar-refractivity contribution in [1.29, 1.82) is 0 Å². The smallest absolute Gasteiger partial charge is 0.322 e.